The smallest absolute Gasteiger partial charge is 0.231 e. The van der Waals surface area contributed by atoms with E-state index in [0.717, 1.165) is 17.8 Å². The summed E-state index contributed by atoms with van der Waals surface area (Å²) < 4.78 is 5.65. The molecule has 0 aromatic heterocycles. The van der Waals surface area contributed by atoms with Crippen molar-refractivity contribution in [3.05, 3.63) is 101 Å². The van der Waals surface area contributed by atoms with Crippen LogP contribution in [-0.2, 0) is 6.54 Å². The highest BCUT2D eigenvalue weighted by molar-refractivity contribution is 6.14. The number of nitrogens with one attached hydrogen (secondary N) is 1. The van der Waals surface area contributed by atoms with Gasteiger partial charge in [0.1, 0.15) is 5.75 Å². The first-order chi connectivity index (χ1) is 12.3. The Kier molecular flexibility index (Phi) is 4.05. The number of hydrogen-bond donors (Lipinski definition) is 1. The fourth-order valence-electron chi connectivity index (χ4n) is 2.78. The number of carbonyl (C=O) groups excluding carboxylic acids is 1. The van der Waals surface area contributed by atoms with E-state index in [4.69, 9.17) is 4.74 Å². The van der Waals surface area contributed by atoms with E-state index in [0.29, 0.717) is 17.1 Å². The normalized spacial score (nSPS) is 14.2. The van der Waals surface area contributed by atoms with Crippen LogP contribution in [0, 0.1) is 0 Å². The molecule has 1 aliphatic heterocycles. The summed E-state index contributed by atoms with van der Waals surface area (Å²) in [7, 11) is 0. The number of carbonyl (C=O) groups is 1. The molecule has 0 atom stereocenters. The zero-order valence-corrected chi connectivity index (χ0v) is 13.6. The number of rotatable bonds is 4. The molecule has 3 nitrogen and oxygen atoms in total. The maximum atomic E-state index is 12.3. The molecule has 0 aliphatic carbocycles. The number of Topliss-reactive ketones (excluding diaryl/α,β-unsaturated/α-hetero) is 1. The van der Waals surface area contributed by atoms with E-state index in [2.05, 4.69) is 17.4 Å². The lowest BCUT2D eigenvalue weighted by Gasteiger charge is -2.07. The summed E-state index contributed by atoms with van der Waals surface area (Å²) in [5.74, 6) is 0.924. The van der Waals surface area contributed by atoms with Gasteiger partial charge in [-0.25, -0.2) is 0 Å². The van der Waals surface area contributed by atoms with Crippen molar-refractivity contribution in [2.75, 3.05) is 5.32 Å². The zero-order chi connectivity index (χ0) is 17.1. The van der Waals surface area contributed by atoms with E-state index in [1.807, 2.05) is 60.7 Å². The molecule has 0 saturated heterocycles. The molecule has 122 valence electrons. The first kappa shape index (κ1) is 15.2. The number of benzene rings is 3. The largest absolute Gasteiger partial charge is 0.452 e. The lowest BCUT2D eigenvalue weighted by atomic mass is 10.1. The van der Waals surface area contributed by atoms with Gasteiger partial charge < -0.3 is 10.1 Å². The van der Waals surface area contributed by atoms with Gasteiger partial charge in [-0.15, -0.1) is 0 Å². The van der Waals surface area contributed by atoms with Gasteiger partial charge in [0, 0.05) is 12.2 Å². The van der Waals surface area contributed by atoms with Gasteiger partial charge in [0.05, 0.1) is 5.56 Å². The number of anilines is 1. The van der Waals surface area contributed by atoms with Crippen LogP contribution in [0.2, 0.25) is 0 Å². The molecule has 0 unspecified atom stereocenters. The summed E-state index contributed by atoms with van der Waals surface area (Å²) in [4.78, 5) is 12.3. The van der Waals surface area contributed by atoms with Crippen LogP contribution in [0.5, 0.6) is 5.75 Å². The second kappa shape index (κ2) is 6.65. The summed E-state index contributed by atoms with van der Waals surface area (Å²) in [6.45, 7) is 0.776. The van der Waals surface area contributed by atoms with E-state index in [-0.39, 0.29) is 5.78 Å². The molecule has 4 rings (SSSR count). The van der Waals surface area contributed by atoms with Crippen LogP contribution in [0.25, 0.3) is 6.08 Å². The number of hydrogen-bond acceptors (Lipinski definition) is 3. The predicted octanol–water partition coefficient (Wildman–Crippen LogP) is 4.91. The summed E-state index contributed by atoms with van der Waals surface area (Å²) >= 11 is 0. The minimum Gasteiger partial charge on any atom is -0.452 e. The first-order valence-electron chi connectivity index (χ1n) is 8.21. The summed E-state index contributed by atoms with van der Waals surface area (Å²) in [6.07, 6.45) is 1.78. The van der Waals surface area contributed by atoms with Crippen molar-refractivity contribution in [3.8, 4) is 5.75 Å². The predicted molar refractivity (Wildman–Crippen MR) is 99.6 cm³/mol. The van der Waals surface area contributed by atoms with Gasteiger partial charge in [-0.2, -0.15) is 0 Å². The van der Waals surface area contributed by atoms with Gasteiger partial charge in [-0.05, 0) is 41.5 Å². The number of para-hydroxylation sites is 1. The van der Waals surface area contributed by atoms with E-state index in [1.54, 1.807) is 12.1 Å². The van der Waals surface area contributed by atoms with E-state index in [9.17, 15) is 4.79 Å². The fraction of sp³-hybridized carbons (Fsp3) is 0.0455. The summed E-state index contributed by atoms with van der Waals surface area (Å²) in [5.41, 5.74) is 3.82. The Morgan fingerprint density at radius 1 is 0.840 bits per heavy atom. The molecule has 0 saturated carbocycles. The van der Waals surface area contributed by atoms with Crippen molar-refractivity contribution in [3.63, 3.8) is 0 Å². The van der Waals surface area contributed by atoms with Crippen LogP contribution in [0.4, 0.5) is 5.69 Å². The number of ether oxygens (including phenoxy) is 1. The van der Waals surface area contributed by atoms with Crippen LogP contribution >= 0.6 is 0 Å². The molecule has 0 fully saturated rings. The van der Waals surface area contributed by atoms with Gasteiger partial charge in [0.15, 0.2) is 5.76 Å². The molecular formula is C22H17NO2. The molecule has 3 aromatic carbocycles. The molecule has 25 heavy (non-hydrogen) atoms. The number of fused-ring (bicyclic) bond motifs is 1. The fourth-order valence-corrected chi connectivity index (χ4v) is 2.78. The third-order valence-corrected chi connectivity index (χ3v) is 4.12. The Morgan fingerprint density at radius 2 is 1.56 bits per heavy atom. The number of ketones is 1. The lowest BCUT2D eigenvalue weighted by molar-refractivity contribution is 0.101. The Balaban J connectivity index is 1.45. The highest BCUT2D eigenvalue weighted by atomic mass is 16.5. The van der Waals surface area contributed by atoms with Crippen LogP contribution in [0.15, 0.2) is 84.6 Å². The Bertz CT molecular complexity index is 928. The van der Waals surface area contributed by atoms with Gasteiger partial charge >= 0.3 is 0 Å². The molecule has 1 heterocycles. The standard InChI is InChI=1S/C22H17NO2/c24-22-19-8-4-5-9-20(19)25-21(22)14-16-10-12-18(13-11-16)23-15-17-6-2-1-3-7-17/h1-14,23H,15H2/b21-14-. The average Bonchev–Trinajstić information content (AvgIpc) is 2.98. The summed E-state index contributed by atoms with van der Waals surface area (Å²) in [5, 5.41) is 3.39. The van der Waals surface area contributed by atoms with Gasteiger partial charge in [-0.3, -0.25) is 4.79 Å². The third kappa shape index (κ3) is 3.31. The van der Waals surface area contributed by atoms with Crippen LogP contribution in [-0.4, -0.2) is 5.78 Å². The highest BCUT2D eigenvalue weighted by Gasteiger charge is 2.26. The second-order valence-corrected chi connectivity index (χ2v) is 5.90. The molecule has 0 spiro atoms. The maximum Gasteiger partial charge on any atom is 0.231 e. The Labute approximate surface area is 146 Å². The van der Waals surface area contributed by atoms with Gasteiger partial charge in [-0.1, -0.05) is 54.6 Å². The van der Waals surface area contributed by atoms with Gasteiger partial charge in [0.2, 0.25) is 5.78 Å². The average molecular weight is 327 g/mol. The van der Waals surface area contributed by atoms with Crippen molar-refractivity contribution in [2.45, 2.75) is 6.54 Å². The minimum atomic E-state index is -0.0677. The first-order valence-corrected chi connectivity index (χ1v) is 8.21. The van der Waals surface area contributed by atoms with Crippen molar-refractivity contribution in [1.82, 2.24) is 0 Å². The van der Waals surface area contributed by atoms with Crippen molar-refractivity contribution >= 4 is 17.5 Å². The minimum absolute atomic E-state index is 0.0677. The SMILES string of the molecule is O=C1/C(=C/c2ccc(NCc3ccccc3)cc2)Oc2ccccc21. The van der Waals surface area contributed by atoms with Crippen LogP contribution in [0.3, 0.4) is 0 Å². The van der Waals surface area contributed by atoms with Crippen LogP contribution < -0.4 is 10.1 Å². The maximum absolute atomic E-state index is 12.3. The van der Waals surface area contributed by atoms with Crippen molar-refractivity contribution < 1.29 is 9.53 Å². The highest BCUT2D eigenvalue weighted by Crippen LogP contribution is 2.31. The third-order valence-electron chi connectivity index (χ3n) is 4.12. The molecule has 0 bridgehead atoms. The lowest BCUT2D eigenvalue weighted by Crippen LogP contribution is -1.99. The number of allylic oxidation sites excluding steroid dienone is 1. The van der Waals surface area contributed by atoms with Crippen LogP contribution in [0.1, 0.15) is 21.5 Å². The molecule has 3 heteroatoms. The molecule has 0 amide bonds. The van der Waals surface area contributed by atoms with E-state index in [1.165, 1.54) is 5.56 Å². The molecule has 3 aromatic rings. The molecule has 1 aliphatic rings. The topological polar surface area (TPSA) is 38.3 Å². The molecule has 1 N–H and O–H groups in total. The molecular weight excluding hydrogens is 310 g/mol. The Morgan fingerprint density at radius 3 is 2.32 bits per heavy atom. The Hall–Kier alpha value is -3.33. The van der Waals surface area contributed by atoms with E-state index >= 15 is 0 Å². The summed E-state index contributed by atoms with van der Waals surface area (Å²) in [6, 6.07) is 25.5. The second-order valence-electron chi connectivity index (χ2n) is 5.90. The van der Waals surface area contributed by atoms with E-state index < -0.39 is 0 Å². The van der Waals surface area contributed by atoms with Crippen molar-refractivity contribution in [2.24, 2.45) is 0 Å². The van der Waals surface area contributed by atoms with Gasteiger partial charge in [0.25, 0.3) is 0 Å². The zero-order valence-electron chi connectivity index (χ0n) is 13.6. The molecule has 0 radical (unpaired) electrons. The monoisotopic (exact) mass is 327 g/mol. The quantitative estimate of drug-likeness (QED) is 0.692. The van der Waals surface area contributed by atoms with Crippen molar-refractivity contribution in [1.29, 1.82) is 0 Å².